The summed E-state index contributed by atoms with van der Waals surface area (Å²) in [5.74, 6) is -1.55. The number of β-amino-alcohol motifs (C(OH)–C–C–N with tert-alkyl or cyclic N) is 1. The van der Waals surface area contributed by atoms with Crippen LogP contribution in [0.2, 0.25) is 0 Å². The van der Waals surface area contributed by atoms with Gasteiger partial charge in [0.1, 0.15) is 6.04 Å². The lowest BCUT2D eigenvalue weighted by Gasteiger charge is -2.34. The Balaban J connectivity index is 1.60. The summed E-state index contributed by atoms with van der Waals surface area (Å²) < 4.78 is -0.626. The molecule has 3 amide bonds. The van der Waals surface area contributed by atoms with Crippen LogP contribution in [0, 0.1) is 11.8 Å². The fourth-order valence-corrected chi connectivity index (χ4v) is 8.04. The maximum Gasteiger partial charge on any atom is 0.248 e. The van der Waals surface area contributed by atoms with E-state index >= 15 is 0 Å². The topological polar surface area (TPSA) is 102 Å². The molecule has 3 heterocycles. The van der Waals surface area contributed by atoms with Gasteiger partial charge in [-0.1, -0.05) is 0 Å². The van der Waals surface area contributed by atoms with E-state index in [2.05, 4.69) is 29.4 Å². The van der Waals surface area contributed by atoms with E-state index in [1.54, 1.807) is 18.8 Å². The second kappa shape index (κ2) is 8.94. The van der Waals surface area contributed by atoms with Crippen LogP contribution in [0.3, 0.4) is 0 Å². The van der Waals surface area contributed by atoms with Crippen LogP contribution in [-0.2, 0) is 14.4 Å². The van der Waals surface area contributed by atoms with Crippen molar-refractivity contribution >= 4 is 40.9 Å². The van der Waals surface area contributed by atoms with Crippen molar-refractivity contribution in [1.29, 1.82) is 0 Å². The van der Waals surface area contributed by atoms with Crippen molar-refractivity contribution in [3.05, 3.63) is 24.3 Å². The highest BCUT2D eigenvalue weighted by molar-refractivity contribution is 8.02. The van der Waals surface area contributed by atoms with Crippen molar-refractivity contribution in [2.24, 2.45) is 11.8 Å². The van der Waals surface area contributed by atoms with Gasteiger partial charge in [-0.3, -0.25) is 14.4 Å². The molecule has 0 radical (unpaired) electrons. The van der Waals surface area contributed by atoms with Crippen LogP contribution in [-0.4, -0.2) is 77.1 Å². The molecular weight excluding hydrogens is 428 g/mol. The summed E-state index contributed by atoms with van der Waals surface area (Å²) in [6.45, 7) is 5.86. The van der Waals surface area contributed by atoms with E-state index in [0.717, 1.165) is 25.2 Å². The zero-order valence-electron chi connectivity index (χ0n) is 18.8. The Hall–Kier alpha value is -2.26. The number of aliphatic hydroxyl groups is 1. The fourth-order valence-electron chi connectivity index (χ4n) is 5.82. The summed E-state index contributed by atoms with van der Waals surface area (Å²) in [4.78, 5) is 43.2. The molecule has 1 aromatic rings. The Kier molecular flexibility index (Phi) is 6.40. The first-order chi connectivity index (χ1) is 15.4. The monoisotopic (exact) mass is 460 g/mol. The molecule has 2 bridgehead atoms. The number of carbonyl (C=O) groups excluding carboxylic acids is 3. The van der Waals surface area contributed by atoms with E-state index in [1.807, 2.05) is 24.3 Å². The van der Waals surface area contributed by atoms with Gasteiger partial charge in [0, 0.05) is 43.3 Å². The Morgan fingerprint density at radius 1 is 1.22 bits per heavy atom. The Labute approximate surface area is 193 Å². The van der Waals surface area contributed by atoms with Gasteiger partial charge < -0.3 is 25.5 Å². The molecule has 3 aliphatic heterocycles. The smallest absolute Gasteiger partial charge is 0.248 e. The van der Waals surface area contributed by atoms with E-state index < -0.39 is 22.6 Å². The summed E-state index contributed by atoms with van der Waals surface area (Å²) in [6, 6.07) is 7.00. The van der Waals surface area contributed by atoms with Crippen LogP contribution < -0.4 is 15.5 Å². The van der Waals surface area contributed by atoms with Crippen molar-refractivity contribution in [2.75, 3.05) is 43.5 Å². The normalized spacial score (nSPS) is 30.4. The van der Waals surface area contributed by atoms with Crippen LogP contribution in [0.4, 0.5) is 11.4 Å². The molecule has 2 unspecified atom stereocenters. The standard InChI is InChI=1S/C23H32N4O4S/c1-4-26(5-2)15-8-6-14(7-9-15)25-21(30)19-23-11-10-16(32-23)17(20(29)24-3)18(23)22(31)27(19)12-13-28/h6-9,16-19,28H,4-5,10-13H2,1-3H3,(H,24,29)(H,25,30)/t16-,17+,18-,19?,23?/m0/s1. The zero-order valence-corrected chi connectivity index (χ0v) is 19.7. The number of thioether (sulfide) groups is 1. The minimum Gasteiger partial charge on any atom is -0.395 e. The molecule has 0 aliphatic carbocycles. The summed E-state index contributed by atoms with van der Waals surface area (Å²) in [5, 5.41) is 15.3. The van der Waals surface area contributed by atoms with Gasteiger partial charge in [-0.2, -0.15) is 0 Å². The van der Waals surface area contributed by atoms with Crippen LogP contribution in [0.5, 0.6) is 0 Å². The molecule has 1 aromatic carbocycles. The maximum atomic E-state index is 13.5. The van der Waals surface area contributed by atoms with Crippen LogP contribution in [0.15, 0.2) is 24.3 Å². The summed E-state index contributed by atoms with van der Waals surface area (Å²) in [6.07, 6.45) is 1.52. The number of rotatable bonds is 8. The number of anilines is 2. The molecule has 8 nitrogen and oxygen atoms in total. The van der Waals surface area contributed by atoms with Gasteiger partial charge >= 0.3 is 0 Å². The Morgan fingerprint density at radius 2 is 1.91 bits per heavy atom. The van der Waals surface area contributed by atoms with E-state index in [4.69, 9.17) is 0 Å². The van der Waals surface area contributed by atoms with Crippen LogP contribution in [0.1, 0.15) is 26.7 Å². The average molecular weight is 461 g/mol. The number of fused-ring (bicyclic) bond motifs is 1. The third kappa shape index (κ3) is 3.46. The lowest BCUT2D eigenvalue weighted by atomic mass is 9.71. The summed E-state index contributed by atoms with van der Waals surface area (Å²) in [7, 11) is 1.59. The molecule has 0 aromatic heterocycles. The van der Waals surface area contributed by atoms with Crippen molar-refractivity contribution in [1.82, 2.24) is 10.2 Å². The van der Waals surface area contributed by atoms with Crippen molar-refractivity contribution in [2.45, 2.75) is 42.7 Å². The minimum absolute atomic E-state index is 0.0452. The highest BCUT2D eigenvalue weighted by atomic mass is 32.2. The number of hydrogen-bond donors (Lipinski definition) is 3. The van der Waals surface area contributed by atoms with E-state index in [0.29, 0.717) is 12.1 Å². The second-order valence-electron chi connectivity index (χ2n) is 8.63. The molecule has 174 valence electrons. The Morgan fingerprint density at radius 3 is 2.50 bits per heavy atom. The highest BCUT2D eigenvalue weighted by Crippen LogP contribution is 2.66. The molecule has 32 heavy (non-hydrogen) atoms. The fraction of sp³-hybridized carbons (Fsp3) is 0.609. The van der Waals surface area contributed by atoms with Gasteiger partial charge in [0.15, 0.2) is 0 Å². The van der Waals surface area contributed by atoms with Crippen LogP contribution >= 0.6 is 11.8 Å². The molecule has 3 aliphatic rings. The van der Waals surface area contributed by atoms with Crippen molar-refractivity contribution in [3.63, 3.8) is 0 Å². The first-order valence-corrected chi connectivity index (χ1v) is 12.3. The average Bonchev–Trinajstić information content (AvgIpc) is 3.43. The van der Waals surface area contributed by atoms with E-state index in [1.165, 1.54) is 4.90 Å². The van der Waals surface area contributed by atoms with E-state index in [-0.39, 0.29) is 36.1 Å². The number of carbonyl (C=O) groups is 3. The number of amides is 3. The molecule has 1 spiro atoms. The molecular formula is C23H32N4O4S. The summed E-state index contributed by atoms with van der Waals surface area (Å²) >= 11 is 1.62. The largest absolute Gasteiger partial charge is 0.395 e. The number of aliphatic hydroxyl groups excluding tert-OH is 1. The highest BCUT2D eigenvalue weighted by Gasteiger charge is 2.73. The molecule has 3 N–H and O–H groups in total. The van der Waals surface area contributed by atoms with Crippen molar-refractivity contribution < 1.29 is 19.5 Å². The molecule has 9 heteroatoms. The summed E-state index contributed by atoms with van der Waals surface area (Å²) in [5.41, 5.74) is 1.76. The number of hydrogen-bond acceptors (Lipinski definition) is 6. The van der Waals surface area contributed by atoms with Gasteiger partial charge in [-0.15, -0.1) is 11.8 Å². The molecule has 4 rings (SSSR count). The SMILES string of the molecule is CCN(CC)c1ccc(NC(=O)C2N(CCO)C(=O)[C@@H]3[C@H](C(=O)NC)[C@@H]4CCC23S4)cc1. The third-order valence-corrected chi connectivity index (χ3v) is 9.15. The number of nitrogens with zero attached hydrogens (tertiary/aromatic N) is 2. The molecule has 3 saturated heterocycles. The van der Waals surface area contributed by atoms with Gasteiger partial charge in [-0.25, -0.2) is 0 Å². The van der Waals surface area contributed by atoms with Gasteiger partial charge in [-0.05, 0) is 51.0 Å². The molecule has 0 saturated carbocycles. The molecule has 3 fully saturated rings. The first kappa shape index (κ1) is 22.9. The van der Waals surface area contributed by atoms with Gasteiger partial charge in [0.25, 0.3) is 0 Å². The Bertz CT molecular complexity index is 890. The predicted molar refractivity (Wildman–Crippen MR) is 126 cm³/mol. The maximum absolute atomic E-state index is 13.5. The van der Waals surface area contributed by atoms with Crippen LogP contribution in [0.25, 0.3) is 0 Å². The zero-order chi connectivity index (χ0) is 23.0. The molecule has 5 atom stereocenters. The quantitative estimate of drug-likeness (QED) is 0.541. The van der Waals surface area contributed by atoms with Crippen molar-refractivity contribution in [3.8, 4) is 0 Å². The number of likely N-dealkylation sites (tertiary alicyclic amines) is 1. The number of nitrogens with one attached hydrogen (secondary N) is 2. The minimum atomic E-state index is -0.709. The third-order valence-electron chi connectivity index (χ3n) is 7.20. The predicted octanol–water partition coefficient (Wildman–Crippen LogP) is 1.30. The lowest BCUT2D eigenvalue weighted by molar-refractivity contribution is -0.139. The lowest BCUT2D eigenvalue weighted by Crippen LogP contribution is -2.52. The van der Waals surface area contributed by atoms with Gasteiger partial charge in [0.05, 0.1) is 23.2 Å². The van der Waals surface area contributed by atoms with Gasteiger partial charge in [0.2, 0.25) is 17.7 Å². The number of benzene rings is 1. The first-order valence-electron chi connectivity index (χ1n) is 11.4. The second-order valence-corrected chi connectivity index (χ2v) is 10.2. The van der Waals surface area contributed by atoms with E-state index in [9.17, 15) is 19.5 Å².